The summed E-state index contributed by atoms with van der Waals surface area (Å²) in [6, 6.07) is 5.47. The first-order chi connectivity index (χ1) is 8.11. The molecule has 0 spiro atoms. The fourth-order valence-electron chi connectivity index (χ4n) is 1.85. The zero-order chi connectivity index (χ0) is 12.4. The smallest absolute Gasteiger partial charge is 0.255 e. The number of amides is 1. The zero-order valence-corrected chi connectivity index (χ0v) is 11.8. The second-order valence-electron chi connectivity index (χ2n) is 4.02. The number of carbonyl (C=O) groups is 1. The van der Waals surface area contributed by atoms with Crippen LogP contribution in [0.4, 0.5) is 0 Å². The zero-order valence-electron chi connectivity index (χ0n) is 9.45. The third-order valence-electron chi connectivity index (χ3n) is 2.81. The van der Waals surface area contributed by atoms with Crippen molar-refractivity contribution < 1.29 is 9.53 Å². The molecular weight excluding hydrogens is 305 g/mol. The highest BCUT2D eigenvalue weighted by molar-refractivity contribution is 9.10. The molecule has 1 aromatic rings. The summed E-state index contributed by atoms with van der Waals surface area (Å²) in [6.07, 6.45) is 0. The SMILES string of the molecule is CC1COCCN1C(=O)c1cccc(Br)c1Cl. The van der Waals surface area contributed by atoms with E-state index in [1.165, 1.54) is 0 Å². The minimum atomic E-state index is -0.0351. The molecule has 1 amide bonds. The Labute approximate surface area is 114 Å². The number of rotatable bonds is 1. The molecule has 17 heavy (non-hydrogen) atoms. The monoisotopic (exact) mass is 317 g/mol. The van der Waals surface area contributed by atoms with E-state index in [1.54, 1.807) is 11.0 Å². The van der Waals surface area contributed by atoms with Gasteiger partial charge in [-0.3, -0.25) is 4.79 Å². The van der Waals surface area contributed by atoms with E-state index in [0.29, 0.717) is 30.3 Å². The molecule has 0 bridgehead atoms. The van der Waals surface area contributed by atoms with Crippen LogP contribution < -0.4 is 0 Å². The standard InChI is InChI=1S/C12H13BrClNO2/c1-8-7-17-6-5-15(8)12(16)9-3-2-4-10(13)11(9)14/h2-4,8H,5-7H2,1H3. The number of hydrogen-bond acceptors (Lipinski definition) is 2. The molecule has 0 N–H and O–H groups in total. The summed E-state index contributed by atoms with van der Waals surface area (Å²) in [5.74, 6) is -0.0351. The van der Waals surface area contributed by atoms with Gasteiger partial charge in [-0.15, -0.1) is 0 Å². The van der Waals surface area contributed by atoms with Crippen LogP contribution in [-0.4, -0.2) is 36.6 Å². The number of carbonyl (C=O) groups excluding carboxylic acids is 1. The van der Waals surface area contributed by atoms with Crippen LogP contribution in [0.1, 0.15) is 17.3 Å². The van der Waals surface area contributed by atoms with Crippen molar-refractivity contribution in [2.75, 3.05) is 19.8 Å². The Morgan fingerprint density at radius 3 is 3.06 bits per heavy atom. The predicted octanol–water partition coefficient (Wildman–Crippen LogP) is 2.96. The molecule has 1 aromatic carbocycles. The second-order valence-corrected chi connectivity index (χ2v) is 5.26. The summed E-state index contributed by atoms with van der Waals surface area (Å²) in [4.78, 5) is 14.2. The molecule has 1 aliphatic rings. The van der Waals surface area contributed by atoms with E-state index in [-0.39, 0.29) is 11.9 Å². The molecule has 1 fully saturated rings. The quantitative estimate of drug-likeness (QED) is 0.797. The third-order valence-corrected chi connectivity index (χ3v) is 4.11. The highest BCUT2D eigenvalue weighted by Crippen LogP contribution is 2.27. The third kappa shape index (κ3) is 2.64. The maximum Gasteiger partial charge on any atom is 0.255 e. The minimum Gasteiger partial charge on any atom is -0.377 e. The molecule has 0 saturated carbocycles. The van der Waals surface area contributed by atoms with Crippen LogP contribution >= 0.6 is 27.5 Å². The Morgan fingerprint density at radius 1 is 1.59 bits per heavy atom. The van der Waals surface area contributed by atoms with Gasteiger partial charge in [0.25, 0.3) is 5.91 Å². The van der Waals surface area contributed by atoms with Gasteiger partial charge in [0.1, 0.15) is 0 Å². The van der Waals surface area contributed by atoms with Crippen LogP contribution in [0.2, 0.25) is 5.02 Å². The molecule has 0 aliphatic carbocycles. The highest BCUT2D eigenvalue weighted by Gasteiger charge is 2.26. The molecule has 0 aromatic heterocycles. The summed E-state index contributed by atoms with van der Waals surface area (Å²) in [5.41, 5.74) is 0.537. The average molecular weight is 319 g/mol. The maximum atomic E-state index is 12.3. The topological polar surface area (TPSA) is 29.5 Å². The van der Waals surface area contributed by atoms with E-state index in [1.807, 2.05) is 19.1 Å². The summed E-state index contributed by atoms with van der Waals surface area (Å²) in [6.45, 7) is 3.75. The van der Waals surface area contributed by atoms with Gasteiger partial charge in [0.2, 0.25) is 0 Å². The number of nitrogens with zero attached hydrogens (tertiary/aromatic N) is 1. The molecule has 1 aliphatic heterocycles. The molecule has 5 heteroatoms. The predicted molar refractivity (Wildman–Crippen MR) is 70.5 cm³/mol. The molecule has 1 saturated heterocycles. The molecule has 1 unspecified atom stereocenters. The van der Waals surface area contributed by atoms with Crippen LogP contribution in [0.25, 0.3) is 0 Å². The summed E-state index contributed by atoms with van der Waals surface area (Å²) >= 11 is 9.46. The van der Waals surface area contributed by atoms with Crippen molar-refractivity contribution in [2.24, 2.45) is 0 Å². The van der Waals surface area contributed by atoms with Gasteiger partial charge in [0.15, 0.2) is 0 Å². The van der Waals surface area contributed by atoms with Crippen LogP contribution in [0.5, 0.6) is 0 Å². The number of hydrogen-bond donors (Lipinski definition) is 0. The Kier molecular flexibility index (Phi) is 4.07. The van der Waals surface area contributed by atoms with E-state index < -0.39 is 0 Å². The highest BCUT2D eigenvalue weighted by atomic mass is 79.9. The number of morpholine rings is 1. The first-order valence-corrected chi connectivity index (χ1v) is 6.61. The lowest BCUT2D eigenvalue weighted by molar-refractivity contribution is 0.00360. The van der Waals surface area contributed by atoms with Gasteiger partial charge >= 0.3 is 0 Å². The van der Waals surface area contributed by atoms with E-state index in [2.05, 4.69) is 15.9 Å². The average Bonchev–Trinajstić information content (AvgIpc) is 2.32. The Hall–Kier alpha value is -0.580. The Bertz CT molecular complexity index is 439. The van der Waals surface area contributed by atoms with Crippen LogP contribution in [0.3, 0.4) is 0 Å². The minimum absolute atomic E-state index is 0.0351. The van der Waals surface area contributed by atoms with Gasteiger partial charge in [0.05, 0.1) is 29.8 Å². The summed E-state index contributed by atoms with van der Waals surface area (Å²) < 4.78 is 6.06. The number of benzene rings is 1. The molecule has 1 atom stereocenters. The van der Waals surface area contributed by atoms with Gasteiger partial charge in [-0.2, -0.15) is 0 Å². The van der Waals surface area contributed by atoms with Crippen LogP contribution in [-0.2, 0) is 4.74 Å². The molecule has 3 nitrogen and oxygen atoms in total. The number of ether oxygens (including phenoxy) is 1. The number of halogens is 2. The maximum absolute atomic E-state index is 12.3. The van der Waals surface area contributed by atoms with Gasteiger partial charge < -0.3 is 9.64 Å². The van der Waals surface area contributed by atoms with E-state index in [9.17, 15) is 4.79 Å². The van der Waals surface area contributed by atoms with Crippen LogP contribution in [0.15, 0.2) is 22.7 Å². The van der Waals surface area contributed by atoms with Crippen molar-refractivity contribution in [3.05, 3.63) is 33.3 Å². The van der Waals surface area contributed by atoms with E-state index in [4.69, 9.17) is 16.3 Å². The summed E-state index contributed by atoms with van der Waals surface area (Å²) in [5, 5.41) is 0.469. The second kappa shape index (κ2) is 5.38. The van der Waals surface area contributed by atoms with Crippen molar-refractivity contribution in [3.63, 3.8) is 0 Å². The molecule has 92 valence electrons. The largest absolute Gasteiger partial charge is 0.377 e. The molecule has 0 radical (unpaired) electrons. The van der Waals surface area contributed by atoms with Gasteiger partial charge in [-0.25, -0.2) is 0 Å². The van der Waals surface area contributed by atoms with Crippen molar-refractivity contribution in [3.8, 4) is 0 Å². The molecule has 1 heterocycles. The van der Waals surface area contributed by atoms with Crippen molar-refractivity contribution in [1.29, 1.82) is 0 Å². The van der Waals surface area contributed by atoms with Gasteiger partial charge in [-0.05, 0) is 35.0 Å². The van der Waals surface area contributed by atoms with Crippen molar-refractivity contribution in [2.45, 2.75) is 13.0 Å². The van der Waals surface area contributed by atoms with Crippen LogP contribution in [0, 0.1) is 0 Å². The summed E-state index contributed by atoms with van der Waals surface area (Å²) in [7, 11) is 0. The van der Waals surface area contributed by atoms with E-state index >= 15 is 0 Å². The van der Waals surface area contributed by atoms with Crippen molar-refractivity contribution >= 4 is 33.4 Å². The lowest BCUT2D eigenvalue weighted by Crippen LogP contribution is -2.47. The normalized spacial score (nSPS) is 20.4. The Morgan fingerprint density at radius 2 is 2.35 bits per heavy atom. The van der Waals surface area contributed by atoms with Crippen molar-refractivity contribution in [1.82, 2.24) is 4.90 Å². The molecule has 2 rings (SSSR count). The first-order valence-electron chi connectivity index (χ1n) is 5.44. The lowest BCUT2D eigenvalue weighted by Gasteiger charge is -2.33. The fraction of sp³-hybridized carbons (Fsp3) is 0.417. The lowest BCUT2D eigenvalue weighted by atomic mass is 10.1. The Balaban J connectivity index is 2.27. The fourth-order valence-corrected chi connectivity index (χ4v) is 2.43. The van der Waals surface area contributed by atoms with E-state index in [0.717, 1.165) is 4.47 Å². The van der Waals surface area contributed by atoms with Gasteiger partial charge in [-0.1, -0.05) is 17.7 Å². The van der Waals surface area contributed by atoms with Gasteiger partial charge in [0, 0.05) is 11.0 Å². The first kappa shape index (κ1) is 12.9. The molecular formula is C12H13BrClNO2.